The summed E-state index contributed by atoms with van der Waals surface area (Å²) in [7, 11) is 0. The Labute approximate surface area is 115 Å². The highest BCUT2D eigenvalue weighted by molar-refractivity contribution is 6.01. The Morgan fingerprint density at radius 2 is 2.35 bits per heavy atom. The number of aryl methyl sites for hydroxylation is 1. The zero-order valence-corrected chi connectivity index (χ0v) is 10.9. The van der Waals surface area contributed by atoms with Gasteiger partial charge < -0.3 is 14.9 Å². The molecule has 102 valence electrons. The van der Waals surface area contributed by atoms with E-state index in [-0.39, 0.29) is 12.4 Å². The number of aliphatic hydroxyl groups excluding tert-OH is 1. The van der Waals surface area contributed by atoms with E-state index in [1.165, 1.54) is 0 Å². The van der Waals surface area contributed by atoms with Crippen molar-refractivity contribution in [2.45, 2.75) is 13.3 Å². The molecule has 0 aliphatic rings. The third-order valence-corrected chi connectivity index (χ3v) is 2.30. The van der Waals surface area contributed by atoms with Gasteiger partial charge in [-0.05, 0) is 25.0 Å². The summed E-state index contributed by atoms with van der Waals surface area (Å²) in [5, 5.41) is 14.9. The number of hydrogen-bond acceptors (Lipinski definition) is 5. The molecule has 0 spiro atoms. The lowest BCUT2D eigenvalue weighted by atomic mass is 10.3. The lowest BCUT2D eigenvalue weighted by Gasteiger charge is -2.01. The molecule has 0 bridgehead atoms. The van der Waals surface area contributed by atoms with Crippen LogP contribution in [0.25, 0.3) is 0 Å². The molecule has 2 aromatic heterocycles. The topological polar surface area (TPSA) is 88.2 Å². The molecule has 0 saturated carbocycles. The van der Waals surface area contributed by atoms with Crippen LogP contribution in [0.15, 0.2) is 28.8 Å². The van der Waals surface area contributed by atoms with Crippen molar-refractivity contribution in [3.8, 4) is 11.8 Å². The van der Waals surface area contributed by atoms with Crippen LogP contribution in [0.3, 0.4) is 0 Å². The van der Waals surface area contributed by atoms with Gasteiger partial charge in [0.1, 0.15) is 11.5 Å². The molecule has 2 heterocycles. The smallest absolute Gasteiger partial charge is 0.295 e. The lowest BCUT2D eigenvalue weighted by Crippen LogP contribution is -2.12. The summed E-state index contributed by atoms with van der Waals surface area (Å²) in [4.78, 5) is 16.0. The average Bonchev–Trinajstić information content (AvgIpc) is 2.86. The summed E-state index contributed by atoms with van der Waals surface area (Å²) in [5.41, 5.74) is 1.15. The number of nitrogens with zero attached hydrogens (tertiary/aromatic N) is 2. The van der Waals surface area contributed by atoms with Crippen LogP contribution in [0.2, 0.25) is 0 Å². The molecule has 0 unspecified atom stereocenters. The van der Waals surface area contributed by atoms with E-state index in [9.17, 15) is 4.79 Å². The number of nitrogens with one attached hydrogen (secondary N) is 1. The third-order valence-electron chi connectivity index (χ3n) is 2.30. The molecule has 0 fully saturated rings. The average molecular weight is 271 g/mol. The second-order valence-corrected chi connectivity index (χ2v) is 3.97. The van der Waals surface area contributed by atoms with Gasteiger partial charge in [-0.3, -0.25) is 4.79 Å². The van der Waals surface area contributed by atoms with Crippen molar-refractivity contribution >= 4 is 11.7 Å². The number of amides is 1. The Bertz CT molecular complexity index is 668. The zero-order valence-electron chi connectivity index (χ0n) is 10.9. The van der Waals surface area contributed by atoms with Crippen LogP contribution in [-0.4, -0.2) is 27.8 Å². The Hall–Kier alpha value is -2.65. The molecule has 6 nitrogen and oxygen atoms in total. The van der Waals surface area contributed by atoms with E-state index in [1.54, 1.807) is 31.2 Å². The van der Waals surface area contributed by atoms with Crippen LogP contribution in [0, 0.1) is 18.8 Å². The number of anilines is 1. The van der Waals surface area contributed by atoms with E-state index in [1.807, 2.05) is 0 Å². The first kappa shape index (κ1) is 13.8. The predicted octanol–water partition coefficient (Wildman–Crippen LogP) is 1.36. The maximum atomic E-state index is 11.8. The highest BCUT2D eigenvalue weighted by Gasteiger charge is 2.12. The molecule has 0 aromatic carbocycles. The number of aromatic nitrogens is 2. The second-order valence-electron chi connectivity index (χ2n) is 3.97. The first-order valence-corrected chi connectivity index (χ1v) is 6.00. The van der Waals surface area contributed by atoms with E-state index < -0.39 is 5.91 Å². The molecule has 20 heavy (non-hydrogen) atoms. The van der Waals surface area contributed by atoms with Crippen molar-refractivity contribution in [1.82, 2.24) is 10.1 Å². The lowest BCUT2D eigenvalue weighted by molar-refractivity contribution is 0.0987. The van der Waals surface area contributed by atoms with Crippen molar-refractivity contribution in [2.24, 2.45) is 0 Å². The molecule has 6 heteroatoms. The van der Waals surface area contributed by atoms with Crippen LogP contribution >= 0.6 is 0 Å². The summed E-state index contributed by atoms with van der Waals surface area (Å²) in [6, 6.07) is 6.65. The molecule has 2 aromatic rings. The Balaban J connectivity index is 2.08. The van der Waals surface area contributed by atoms with Gasteiger partial charge >= 0.3 is 0 Å². The minimum atomic E-state index is -0.418. The van der Waals surface area contributed by atoms with Crippen LogP contribution in [-0.2, 0) is 0 Å². The SMILES string of the molecule is Cc1cc(C(=O)Nc2cccc(C#CCCO)n2)on1. The van der Waals surface area contributed by atoms with E-state index in [2.05, 4.69) is 27.3 Å². The van der Waals surface area contributed by atoms with Crippen molar-refractivity contribution in [3.63, 3.8) is 0 Å². The van der Waals surface area contributed by atoms with Gasteiger partial charge in [-0.25, -0.2) is 4.98 Å². The van der Waals surface area contributed by atoms with Crippen molar-refractivity contribution < 1.29 is 14.4 Å². The molecule has 0 aliphatic carbocycles. The normalized spacial score (nSPS) is 9.70. The van der Waals surface area contributed by atoms with Crippen LogP contribution < -0.4 is 5.32 Å². The summed E-state index contributed by atoms with van der Waals surface area (Å²) < 4.78 is 4.86. The molecule has 2 N–H and O–H groups in total. The predicted molar refractivity (Wildman–Crippen MR) is 72.0 cm³/mol. The fourth-order valence-electron chi connectivity index (χ4n) is 1.43. The minimum absolute atomic E-state index is 0.00821. The third kappa shape index (κ3) is 3.67. The standard InChI is InChI=1S/C14H13N3O3/c1-10-9-12(20-17-10)14(19)16-13-7-4-6-11(15-13)5-2-3-8-18/h4,6-7,9,18H,3,8H2,1H3,(H,15,16,19). The summed E-state index contributed by atoms with van der Waals surface area (Å²) in [5.74, 6) is 5.64. The molecule has 2 rings (SSSR count). The number of carbonyl (C=O) groups is 1. The Morgan fingerprint density at radius 1 is 1.50 bits per heavy atom. The molecular weight excluding hydrogens is 258 g/mol. The van der Waals surface area contributed by atoms with Crippen molar-refractivity contribution in [2.75, 3.05) is 11.9 Å². The van der Waals surface area contributed by atoms with Gasteiger partial charge in [0.15, 0.2) is 0 Å². The summed E-state index contributed by atoms with van der Waals surface area (Å²) in [6.07, 6.45) is 0.385. The fourth-order valence-corrected chi connectivity index (χ4v) is 1.43. The number of carbonyl (C=O) groups excluding carboxylic acids is 1. The summed E-state index contributed by atoms with van der Waals surface area (Å²) >= 11 is 0. The zero-order chi connectivity index (χ0) is 14.4. The Kier molecular flexibility index (Phi) is 4.47. The molecule has 0 saturated heterocycles. The number of rotatable bonds is 3. The van der Waals surface area contributed by atoms with Crippen molar-refractivity contribution in [1.29, 1.82) is 0 Å². The molecule has 0 atom stereocenters. The van der Waals surface area contributed by atoms with Crippen LogP contribution in [0.4, 0.5) is 5.82 Å². The minimum Gasteiger partial charge on any atom is -0.395 e. The van der Waals surface area contributed by atoms with E-state index in [4.69, 9.17) is 9.63 Å². The van der Waals surface area contributed by atoms with Gasteiger partial charge in [0, 0.05) is 12.5 Å². The van der Waals surface area contributed by atoms with Gasteiger partial charge in [-0.15, -0.1) is 0 Å². The first-order chi connectivity index (χ1) is 9.69. The highest BCUT2D eigenvalue weighted by Crippen LogP contribution is 2.08. The van der Waals surface area contributed by atoms with Gasteiger partial charge in [-0.1, -0.05) is 17.1 Å². The van der Waals surface area contributed by atoms with Gasteiger partial charge in [0.25, 0.3) is 5.91 Å². The Morgan fingerprint density at radius 3 is 3.05 bits per heavy atom. The van der Waals surface area contributed by atoms with Crippen LogP contribution in [0.1, 0.15) is 28.4 Å². The first-order valence-electron chi connectivity index (χ1n) is 6.00. The van der Waals surface area contributed by atoms with E-state index in [0.29, 0.717) is 23.6 Å². The number of pyridine rings is 1. The van der Waals surface area contributed by atoms with Gasteiger partial charge in [0.2, 0.25) is 5.76 Å². The maximum Gasteiger partial charge on any atom is 0.295 e. The molecule has 0 radical (unpaired) electrons. The quantitative estimate of drug-likeness (QED) is 0.823. The maximum absolute atomic E-state index is 11.8. The van der Waals surface area contributed by atoms with Crippen LogP contribution in [0.5, 0.6) is 0 Å². The van der Waals surface area contributed by atoms with Crippen molar-refractivity contribution in [3.05, 3.63) is 41.4 Å². The molecular formula is C14H13N3O3. The van der Waals surface area contributed by atoms with E-state index >= 15 is 0 Å². The number of hydrogen-bond donors (Lipinski definition) is 2. The molecule has 1 amide bonds. The van der Waals surface area contributed by atoms with E-state index in [0.717, 1.165) is 0 Å². The second kappa shape index (κ2) is 6.50. The summed E-state index contributed by atoms with van der Waals surface area (Å²) in [6.45, 7) is 1.74. The highest BCUT2D eigenvalue weighted by atomic mass is 16.5. The number of aliphatic hydroxyl groups is 1. The fraction of sp³-hybridized carbons (Fsp3) is 0.214. The monoisotopic (exact) mass is 271 g/mol. The van der Waals surface area contributed by atoms with Gasteiger partial charge in [-0.2, -0.15) is 0 Å². The largest absolute Gasteiger partial charge is 0.395 e. The van der Waals surface area contributed by atoms with Gasteiger partial charge in [0.05, 0.1) is 12.3 Å². The molecule has 0 aliphatic heterocycles.